The van der Waals surface area contributed by atoms with Gasteiger partial charge in [0.25, 0.3) is 0 Å². The van der Waals surface area contributed by atoms with E-state index in [1.807, 2.05) is 12.2 Å². The quantitative estimate of drug-likeness (QED) is 0.662. The van der Waals surface area contributed by atoms with Gasteiger partial charge in [0.2, 0.25) is 5.82 Å². The minimum atomic E-state index is -4.59. The highest BCUT2D eigenvalue weighted by atomic mass is 35.5. The zero-order valence-corrected chi connectivity index (χ0v) is 10.1. The van der Waals surface area contributed by atoms with Crippen LogP contribution in [0.25, 0.3) is 0 Å². The topological polar surface area (TPSA) is 37.8 Å². The van der Waals surface area contributed by atoms with E-state index in [0.29, 0.717) is 0 Å². The van der Waals surface area contributed by atoms with E-state index in [9.17, 15) is 13.2 Å². The molecule has 0 bridgehead atoms. The molecule has 0 radical (unpaired) electrons. The van der Waals surface area contributed by atoms with Crippen LogP contribution in [0.15, 0.2) is 18.2 Å². The van der Waals surface area contributed by atoms with E-state index in [4.69, 9.17) is 11.6 Å². The molecule has 0 saturated carbocycles. The summed E-state index contributed by atoms with van der Waals surface area (Å²) in [6.07, 6.45) is 1.99. The fraction of sp³-hybridized carbons (Fsp3) is 0.455. The van der Waals surface area contributed by atoms with Crippen molar-refractivity contribution in [2.24, 2.45) is 0 Å². The Morgan fingerprint density at radius 2 is 2.06 bits per heavy atom. The van der Waals surface area contributed by atoms with Crippen LogP contribution in [-0.4, -0.2) is 16.0 Å². The number of aromatic nitrogens is 2. The highest BCUT2D eigenvalue weighted by Gasteiger charge is 2.35. The summed E-state index contributed by atoms with van der Waals surface area (Å²) in [5, 5.41) is 2.73. The fourth-order valence-electron chi connectivity index (χ4n) is 1.75. The monoisotopic (exact) mass is 277 g/mol. The largest absolute Gasteiger partial charge is 0.451 e. The first-order chi connectivity index (χ1) is 8.45. The molecule has 1 heterocycles. The van der Waals surface area contributed by atoms with Crippen molar-refractivity contribution in [1.29, 1.82) is 0 Å². The van der Waals surface area contributed by atoms with Gasteiger partial charge >= 0.3 is 6.18 Å². The third kappa shape index (κ3) is 3.35. The summed E-state index contributed by atoms with van der Waals surface area (Å²) < 4.78 is 37.5. The number of allylic oxidation sites excluding steroid dienone is 1. The first-order valence-corrected chi connectivity index (χ1v) is 5.86. The third-order valence-corrected chi connectivity index (χ3v) is 2.76. The van der Waals surface area contributed by atoms with Crippen LogP contribution in [0.2, 0.25) is 5.15 Å². The molecular weight excluding hydrogens is 267 g/mol. The number of nitrogens with one attached hydrogen (secondary N) is 1. The number of alkyl halides is 3. The molecule has 1 aromatic heterocycles. The molecule has 0 spiro atoms. The Balaban J connectivity index is 2.17. The van der Waals surface area contributed by atoms with Gasteiger partial charge in [-0.1, -0.05) is 23.8 Å². The number of hydrogen-bond acceptors (Lipinski definition) is 3. The van der Waals surface area contributed by atoms with Gasteiger partial charge in [-0.25, -0.2) is 9.97 Å². The first kappa shape index (κ1) is 13.1. The molecule has 1 unspecified atom stereocenters. The molecule has 0 saturated heterocycles. The van der Waals surface area contributed by atoms with E-state index in [2.05, 4.69) is 15.3 Å². The second-order valence-electron chi connectivity index (χ2n) is 4.02. The van der Waals surface area contributed by atoms with Gasteiger partial charge in [0.1, 0.15) is 11.0 Å². The molecule has 1 aromatic rings. The minimum absolute atomic E-state index is 0.0852. The summed E-state index contributed by atoms with van der Waals surface area (Å²) in [5.41, 5.74) is 0. The normalized spacial score (nSPS) is 19.9. The van der Waals surface area contributed by atoms with E-state index in [0.717, 1.165) is 19.3 Å². The van der Waals surface area contributed by atoms with Crippen molar-refractivity contribution in [3.8, 4) is 0 Å². The summed E-state index contributed by atoms with van der Waals surface area (Å²) in [4.78, 5) is 6.62. The van der Waals surface area contributed by atoms with Crippen molar-refractivity contribution >= 4 is 17.4 Å². The van der Waals surface area contributed by atoms with E-state index >= 15 is 0 Å². The zero-order valence-electron chi connectivity index (χ0n) is 9.34. The Morgan fingerprint density at radius 3 is 2.67 bits per heavy atom. The van der Waals surface area contributed by atoms with Gasteiger partial charge < -0.3 is 5.32 Å². The van der Waals surface area contributed by atoms with Crippen LogP contribution in [0, 0.1) is 0 Å². The SMILES string of the molecule is FC(F)(F)c1nc(Cl)cc(NC2CC=CCC2)n1. The average molecular weight is 278 g/mol. The van der Waals surface area contributed by atoms with Gasteiger partial charge in [-0.15, -0.1) is 0 Å². The van der Waals surface area contributed by atoms with E-state index < -0.39 is 12.0 Å². The predicted octanol–water partition coefficient (Wildman–Crippen LogP) is 3.67. The van der Waals surface area contributed by atoms with Crippen LogP contribution < -0.4 is 5.32 Å². The van der Waals surface area contributed by atoms with Crippen molar-refractivity contribution in [2.75, 3.05) is 5.32 Å². The van der Waals surface area contributed by atoms with Gasteiger partial charge in [-0.2, -0.15) is 13.2 Å². The summed E-state index contributed by atoms with van der Waals surface area (Å²) in [7, 11) is 0. The summed E-state index contributed by atoms with van der Waals surface area (Å²) in [5.74, 6) is -1.11. The molecule has 1 aliphatic carbocycles. The standard InChI is InChI=1S/C11H11ClF3N3/c12-8-6-9(16-7-4-2-1-3-5-7)18-10(17-8)11(13,14)15/h1-2,6-7H,3-5H2,(H,16,17,18). The first-order valence-electron chi connectivity index (χ1n) is 5.48. The van der Waals surface area contributed by atoms with E-state index in [1.54, 1.807) is 0 Å². The number of halogens is 4. The second kappa shape index (κ2) is 5.14. The fourth-order valence-corrected chi connectivity index (χ4v) is 1.94. The van der Waals surface area contributed by atoms with Gasteiger partial charge in [0.15, 0.2) is 0 Å². The van der Waals surface area contributed by atoms with Crippen LogP contribution in [0.1, 0.15) is 25.1 Å². The van der Waals surface area contributed by atoms with Gasteiger partial charge in [-0.3, -0.25) is 0 Å². The van der Waals surface area contributed by atoms with Crippen molar-refractivity contribution < 1.29 is 13.2 Å². The lowest BCUT2D eigenvalue weighted by atomic mass is 10.0. The molecule has 0 amide bonds. The summed E-state index contributed by atoms with van der Waals surface area (Å²) in [6, 6.07) is 1.39. The molecule has 0 aliphatic heterocycles. The molecule has 3 nitrogen and oxygen atoms in total. The number of anilines is 1. The van der Waals surface area contributed by atoms with E-state index in [-0.39, 0.29) is 17.0 Å². The zero-order chi connectivity index (χ0) is 13.2. The van der Waals surface area contributed by atoms with Crippen molar-refractivity contribution in [3.05, 3.63) is 29.2 Å². The number of hydrogen-bond donors (Lipinski definition) is 1. The van der Waals surface area contributed by atoms with Crippen LogP contribution >= 0.6 is 11.6 Å². The Labute approximate surface area is 107 Å². The lowest BCUT2D eigenvalue weighted by Crippen LogP contribution is -2.22. The minimum Gasteiger partial charge on any atom is -0.367 e. The van der Waals surface area contributed by atoms with Crippen molar-refractivity contribution in [1.82, 2.24) is 9.97 Å². The molecule has 98 valence electrons. The third-order valence-electron chi connectivity index (χ3n) is 2.57. The lowest BCUT2D eigenvalue weighted by Gasteiger charge is -2.20. The Hall–Kier alpha value is -1.30. The molecule has 1 aliphatic rings. The van der Waals surface area contributed by atoms with Gasteiger partial charge in [0, 0.05) is 12.1 Å². The van der Waals surface area contributed by atoms with E-state index in [1.165, 1.54) is 6.07 Å². The molecule has 1 N–H and O–H groups in total. The maximum Gasteiger partial charge on any atom is 0.451 e. The predicted molar refractivity (Wildman–Crippen MR) is 62.4 cm³/mol. The van der Waals surface area contributed by atoms with Crippen LogP contribution in [-0.2, 0) is 6.18 Å². The smallest absolute Gasteiger partial charge is 0.367 e. The molecule has 0 aromatic carbocycles. The maximum atomic E-state index is 12.5. The summed E-state index contributed by atoms with van der Waals surface area (Å²) >= 11 is 5.57. The van der Waals surface area contributed by atoms with Gasteiger partial charge in [0.05, 0.1) is 0 Å². The molecule has 1 atom stereocenters. The lowest BCUT2D eigenvalue weighted by molar-refractivity contribution is -0.144. The van der Waals surface area contributed by atoms with Crippen LogP contribution in [0.5, 0.6) is 0 Å². The molecular formula is C11H11ClF3N3. The highest BCUT2D eigenvalue weighted by molar-refractivity contribution is 6.29. The molecule has 0 fully saturated rings. The Kier molecular flexibility index (Phi) is 3.75. The van der Waals surface area contributed by atoms with Crippen molar-refractivity contribution in [3.63, 3.8) is 0 Å². The number of rotatable bonds is 2. The average Bonchev–Trinajstić information content (AvgIpc) is 2.28. The molecule has 18 heavy (non-hydrogen) atoms. The number of nitrogens with zero attached hydrogens (tertiary/aromatic N) is 2. The van der Waals surface area contributed by atoms with Gasteiger partial charge in [-0.05, 0) is 19.3 Å². The molecule has 2 rings (SSSR count). The highest BCUT2D eigenvalue weighted by Crippen LogP contribution is 2.28. The Bertz CT molecular complexity index is 459. The second-order valence-corrected chi connectivity index (χ2v) is 4.41. The maximum absolute atomic E-state index is 12.5. The molecule has 7 heteroatoms. The van der Waals surface area contributed by atoms with Crippen LogP contribution in [0.3, 0.4) is 0 Å². The van der Waals surface area contributed by atoms with Crippen LogP contribution in [0.4, 0.5) is 19.0 Å². The summed E-state index contributed by atoms with van der Waals surface area (Å²) in [6.45, 7) is 0. The van der Waals surface area contributed by atoms with Crippen molar-refractivity contribution in [2.45, 2.75) is 31.5 Å². The Morgan fingerprint density at radius 1 is 1.28 bits per heavy atom.